The van der Waals surface area contributed by atoms with E-state index in [-0.39, 0.29) is 18.5 Å². The van der Waals surface area contributed by atoms with Gasteiger partial charge >= 0.3 is 0 Å². The molecule has 23 heavy (non-hydrogen) atoms. The van der Waals surface area contributed by atoms with Crippen LogP contribution in [0, 0.1) is 0 Å². The lowest BCUT2D eigenvalue weighted by Crippen LogP contribution is -2.49. The topological polar surface area (TPSA) is 136 Å². The Bertz CT molecular complexity index is 635. The Morgan fingerprint density at radius 1 is 1.43 bits per heavy atom. The molecule has 0 aliphatic carbocycles. The zero-order valence-corrected chi connectivity index (χ0v) is 13.3. The fourth-order valence-corrected chi connectivity index (χ4v) is 4.30. The molecule has 1 aromatic rings. The van der Waals surface area contributed by atoms with E-state index in [4.69, 9.17) is 9.47 Å². The largest absolute Gasteiger partial charge is 0.378 e. The van der Waals surface area contributed by atoms with Gasteiger partial charge in [-0.2, -0.15) is 5.21 Å². The first kappa shape index (κ1) is 16.3. The zero-order valence-electron chi connectivity index (χ0n) is 12.5. The van der Waals surface area contributed by atoms with Crippen LogP contribution in [0.15, 0.2) is 0 Å². The smallest absolute Gasteiger partial charge is 0.236 e. The molecule has 11 heteroatoms. The van der Waals surface area contributed by atoms with Gasteiger partial charge in [0.1, 0.15) is 11.3 Å². The summed E-state index contributed by atoms with van der Waals surface area (Å²) in [7, 11) is -3.54. The molecule has 0 saturated carbocycles. The van der Waals surface area contributed by atoms with E-state index in [1.54, 1.807) is 0 Å². The number of sulfone groups is 1. The molecule has 10 nitrogen and oxygen atoms in total. The Morgan fingerprint density at radius 2 is 2.30 bits per heavy atom. The summed E-state index contributed by atoms with van der Waals surface area (Å²) in [6.07, 6.45) is 1.71. The summed E-state index contributed by atoms with van der Waals surface area (Å²) < 4.78 is 34.9. The van der Waals surface area contributed by atoms with Gasteiger partial charge in [0.15, 0.2) is 9.84 Å². The van der Waals surface area contributed by atoms with Crippen molar-refractivity contribution in [1.29, 1.82) is 0 Å². The van der Waals surface area contributed by atoms with Crippen molar-refractivity contribution in [3.8, 4) is 0 Å². The summed E-state index contributed by atoms with van der Waals surface area (Å²) in [6, 6.07) is 0. The number of carbonyl (C=O) groups excluding carboxylic acids is 1. The van der Waals surface area contributed by atoms with Gasteiger partial charge in [-0.15, -0.1) is 10.2 Å². The molecule has 2 aliphatic heterocycles. The minimum absolute atomic E-state index is 0.133. The van der Waals surface area contributed by atoms with Gasteiger partial charge in [-0.05, 0) is 12.8 Å². The molecule has 0 bridgehead atoms. The fourth-order valence-electron chi connectivity index (χ4n) is 2.88. The van der Waals surface area contributed by atoms with Crippen molar-refractivity contribution in [2.24, 2.45) is 0 Å². The van der Waals surface area contributed by atoms with Crippen LogP contribution in [-0.4, -0.2) is 72.4 Å². The molecule has 2 atom stereocenters. The second-order valence-electron chi connectivity index (χ2n) is 5.86. The van der Waals surface area contributed by atoms with Crippen LogP contribution in [0.1, 0.15) is 25.1 Å². The van der Waals surface area contributed by atoms with Crippen LogP contribution in [0.2, 0.25) is 0 Å². The van der Waals surface area contributed by atoms with E-state index >= 15 is 0 Å². The fraction of sp³-hybridized carbons (Fsp3) is 0.833. The lowest BCUT2D eigenvalue weighted by Gasteiger charge is -2.25. The standard InChI is InChI=1S/C12H19N5O5S/c18-10(7-23(19,20)6-9-2-1-4-22-9)13-12(3-5-21-8-12)11-14-16-17-15-11/h9H,1-8H2,(H,13,18)(H,14,15,16,17). The number of hydrogen-bond acceptors (Lipinski definition) is 8. The third kappa shape index (κ3) is 3.85. The van der Waals surface area contributed by atoms with Crippen molar-refractivity contribution in [3.63, 3.8) is 0 Å². The first-order chi connectivity index (χ1) is 11.0. The number of carbonyl (C=O) groups is 1. The Hall–Kier alpha value is -1.59. The van der Waals surface area contributed by atoms with Crippen molar-refractivity contribution in [2.45, 2.75) is 30.9 Å². The summed E-state index contributed by atoms with van der Waals surface area (Å²) in [5.41, 5.74) is -0.927. The average molecular weight is 345 g/mol. The Kier molecular flexibility index (Phi) is 4.60. The highest BCUT2D eigenvalue weighted by Crippen LogP contribution is 2.27. The van der Waals surface area contributed by atoms with E-state index in [1.807, 2.05) is 0 Å². The van der Waals surface area contributed by atoms with Crippen molar-refractivity contribution in [2.75, 3.05) is 31.3 Å². The Labute approximate surface area is 133 Å². The van der Waals surface area contributed by atoms with Crippen molar-refractivity contribution in [1.82, 2.24) is 25.9 Å². The molecule has 2 aliphatic rings. The SMILES string of the molecule is O=C(CS(=O)(=O)CC1CCCO1)NC1(c2nn[nH]n2)CCOC1. The number of nitrogens with zero attached hydrogens (tertiary/aromatic N) is 3. The van der Waals surface area contributed by atoms with Crippen molar-refractivity contribution >= 4 is 15.7 Å². The molecule has 2 saturated heterocycles. The highest BCUT2D eigenvalue weighted by atomic mass is 32.2. The third-order valence-corrected chi connectivity index (χ3v) is 5.57. The van der Waals surface area contributed by atoms with E-state index in [0.29, 0.717) is 31.9 Å². The second kappa shape index (κ2) is 6.49. The number of tetrazole rings is 1. The monoisotopic (exact) mass is 345 g/mol. The summed E-state index contributed by atoms with van der Waals surface area (Å²) in [6.45, 7) is 1.19. The molecule has 128 valence electrons. The molecule has 3 heterocycles. The maximum atomic E-state index is 12.2. The van der Waals surface area contributed by atoms with Crippen LogP contribution in [0.5, 0.6) is 0 Å². The van der Waals surface area contributed by atoms with Crippen LogP contribution in [0.25, 0.3) is 0 Å². The van der Waals surface area contributed by atoms with E-state index in [2.05, 4.69) is 25.9 Å². The molecule has 2 fully saturated rings. The molecule has 1 amide bonds. The highest BCUT2D eigenvalue weighted by Gasteiger charge is 2.42. The quantitative estimate of drug-likeness (QED) is 0.637. The number of amides is 1. The van der Waals surface area contributed by atoms with E-state index in [0.717, 1.165) is 6.42 Å². The molecule has 0 spiro atoms. The number of aromatic amines is 1. The number of H-pyrrole nitrogens is 1. The molecule has 0 radical (unpaired) electrons. The minimum Gasteiger partial charge on any atom is -0.378 e. The van der Waals surface area contributed by atoms with Crippen LogP contribution in [0.3, 0.4) is 0 Å². The van der Waals surface area contributed by atoms with Gasteiger partial charge in [-0.1, -0.05) is 5.21 Å². The summed E-state index contributed by atoms with van der Waals surface area (Å²) in [4.78, 5) is 12.2. The molecule has 0 aromatic carbocycles. The Balaban J connectivity index is 1.63. The first-order valence-electron chi connectivity index (χ1n) is 7.44. The third-order valence-electron chi connectivity index (χ3n) is 3.99. The summed E-state index contributed by atoms with van der Waals surface area (Å²) >= 11 is 0. The van der Waals surface area contributed by atoms with E-state index in [1.165, 1.54) is 0 Å². The zero-order chi connectivity index (χ0) is 16.3. The van der Waals surface area contributed by atoms with Crippen molar-refractivity contribution < 1.29 is 22.7 Å². The molecule has 2 N–H and O–H groups in total. The average Bonchev–Trinajstić information content (AvgIpc) is 3.19. The first-order valence-corrected chi connectivity index (χ1v) is 9.26. The second-order valence-corrected chi connectivity index (χ2v) is 7.97. The van der Waals surface area contributed by atoms with E-state index < -0.39 is 27.0 Å². The van der Waals surface area contributed by atoms with Crippen LogP contribution in [-0.2, 0) is 29.6 Å². The van der Waals surface area contributed by atoms with E-state index in [9.17, 15) is 13.2 Å². The van der Waals surface area contributed by atoms with Crippen LogP contribution >= 0.6 is 0 Å². The minimum atomic E-state index is -3.54. The van der Waals surface area contributed by atoms with Gasteiger partial charge in [-0.3, -0.25) is 4.79 Å². The molecule has 3 rings (SSSR count). The predicted molar refractivity (Wildman–Crippen MR) is 77.1 cm³/mol. The number of aromatic nitrogens is 4. The van der Waals surface area contributed by atoms with Gasteiger partial charge < -0.3 is 14.8 Å². The normalized spacial score (nSPS) is 28.1. The number of rotatable bonds is 6. The number of nitrogens with one attached hydrogen (secondary N) is 2. The van der Waals surface area contributed by atoms with Crippen LogP contribution in [0.4, 0.5) is 0 Å². The highest BCUT2D eigenvalue weighted by molar-refractivity contribution is 7.92. The molecular weight excluding hydrogens is 326 g/mol. The van der Waals surface area contributed by atoms with Gasteiger partial charge in [0.25, 0.3) is 0 Å². The Morgan fingerprint density at radius 3 is 2.91 bits per heavy atom. The van der Waals surface area contributed by atoms with Crippen LogP contribution < -0.4 is 5.32 Å². The molecular formula is C12H19N5O5S. The van der Waals surface area contributed by atoms with Gasteiger partial charge in [0.2, 0.25) is 11.7 Å². The summed E-state index contributed by atoms with van der Waals surface area (Å²) in [5, 5.41) is 16.3. The maximum absolute atomic E-state index is 12.2. The number of hydrogen-bond donors (Lipinski definition) is 2. The van der Waals surface area contributed by atoms with Crippen molar-refractivity contribution in [3.05, 3.63) is 5.82 Å². The molecule has 1 aromatic heterocycles. The van der Waals surface area contributed by atoms with Gasteiger partial charge in [0, 0.05) is 19.6 Å². The maximum Gasteiger partial charge on any atom is 0.236 e. The lowest BCUT2D eigenvalue weighted by atomic mass is 9.98. The lowest BCUT2D eigenvalue weighted by molar-refractivity contribution is -0.120. The predicted octanol–water partition coefficient (Wildman–Crippen LogP) is -1.47. The molecule has 2 unspecified atom stereocenters. The van der Waals surface area contributed by atoms with Gasteiger partial charge in [0.05, 0.1) is 18.5 Å². The van der Waals surface area contributed by atoms with Gasteiger partial charge in [-0.25, -0.2) is 8.42 Å². The summed E-state index contributed by atoms with van der Waals surface area (Å²) in [5.74, 6) is -1.03. The number of ether oxygens (including phenoxy) is 2.